The van der Waals surface area contributed by atoms with Crippen molar-refractivity contribution in [1.29, 1.82) is 0 Å². The molecule has 0 fully saturated rings. The van der Waals surface area contributed by atoms with Gasteiger partial charge in [0.05, 0.1) is 6.54 Å². The van der Waals surface area contributed by atoms with Crippen molar-refractivity contribution in [2.24, 2.45) is 0 Å². The predicted octanol–water partition coefficient (Wildman–Crippen LogP) is 1.51. The molecule has 1 aromatic carbocycles. The molecule has 2 nitrogen and oxygen atoms in total. The summed E-state index contributed by atoms with van der Waals surface area (Å²) in [5.41, 5.74) is 0.903. The van der Waals surface area contributed by atoms with Crippen molar-refractivity contribution in [2.75, 3.05) is 6.54 Å². The van der Waals surface area contributed by atoms with Crippen LogP contribution in [-0.2, 0) is 6.54 Å². The SMILES string of the molecule is CC#CCNCc1ccccc1O. The topological polar surface area (TPSA) is 32.3 Å². The number of nitrogens with one attached hydrogen (secondary N) is 1. The molecule has 2 heteroatoms. The molecule has 0 saturated carbocycles. The molecule has 0 saturated heterocycles. The van der Waals surface area contributed by atoms with Gasteiger partial charge in [-0.25, -0.2) is 0 Å². The van der Waals surface area contributed by atoms with E-state index in [0.717, 1.165) is 5.56 Å². The Morgan fingerprint density at radius 2 is 2.15 bits per heavy atom. The number of rotatable bonds is 3. The van der Waals surface area contributed by atoms with Crippen molar-refractivity contribution in [3.8, 4) is 17.6 Å². The minimum absolute atomic E-state index is 0.333. The highest BCUT2D eigenvalue weighted by Crippen LogP contribution is 2.14. The first-order chi connectivity index (χ1) is 6.34. The van der Waals surface area contributed by atoms with E-state index >= 15 is 0 Å². The summed E-state index contributed by atoms with van der Waals surface area (Å²) in [6.45, 7) is 3.12. The Balaban J connectivity index is 2.44. The largest absolute Gasteiger partial charge is 0.508 e. The van der Waals surface area contributed by atoms with Gasteiger partial charge >= 0.3 is 0 Å². The number of para-hydroxylation sites is 1. The van der Waals surface area contributed by atoms with Gasteiger partial charge < -0.3 is 10.4 Å². The van der Waals surface area contributed by atoms with E-state index in [0.29, 0.717) is 18.8 Å². The third kappa shape index (κ3) is 3.18. The minimum Gasteiger partial charge on any atom is -0.508 e. The van der Waals surface area contributed by atoms with Crippen molar-refractivity contribution in [1.82, 2.24) is 5.32 Å². The van der Waals surface area contributed by atoms with Crippen LogP contribution in [0, 0.1) is 11.8 Å². The second-order valence-corrected chi connectivity index (χ2v) is 2.66. The number of phenols is 1. The van der Waals surface area contributed by atoms with Gasteiger partial charge in [0.15, 0.2) is 0 Å². The molecule has 0 aliphatic rings. The zero-order valence-electron chi connectivity index (χ0n) is 7.67. The normalized spacial score (nSPS) is 9.00. The molecule has 0 bridgehead atoms. The maximum absolute atomic E-state index is 9.39. The van der Waals surface area contributed by atoms with Crippen molar-refractivity contribution >= 4 is 0 Å². The molecule has 1 aromatic rings. The van der Waals surface area contributed by atoms with Crippen LogP contribution >= 0.6 is 0 Å². The molecule has 0 atom stereocenters. The lowest BCUT2D eigenvalue weighted by Crippen LogP contribution is -2.13. The fourth-order valence-corrected chi connectivity index (χ4v) is 1.01. The van der Waals surface area contributed by atoms with Crippen molar-refractivity contribution in [2.45, 2.75) is 13.5 Å². The van der Waals surface area contributed by atoms with E-state index in [-0.39, 0.29) is 0 Å². The number of phenolic OH excluding ortho intramolecular Hbond substituents is 1. The summed E-state index contributed by atoms with van der Waals surface area (Å²) in [5, 5.41) is 12.5. The smallest absolute Gasteiger partial charge is 0.120 e. The van der Waals surface area contributed by atoms with Gasteiger partial charge in [-0.15, -0.1) is 5.92 Å². The number of hydrogen-bond acceptors (Lipinski definition) is 2. The fraction of sp³-hybridized carbons (Fsp3) is 0.273. The molecule has 68 valence electrons. The summed E-state index contributed by atoms with van der Waals surface area (Å²) < 4.78 is 0. The van der Waals surface area contributed by atoms with E-state index in [9.17, 15) is 5.11 Å². The first kappa shape index (κ1) is 9.63. The van der Waals surface area contributed by atoms with Crippen LogP contribution in [0.1, 0.15) is 12.5 Å². The van der Waals surface area contributed by atoms with E-state index in [1.807, 2.05) is 25.1 Å². The van der Waals surface area contributed by atoms with Crippen LogP contribution in [0.25, 0.3) is 0 Å². The average Bonchev–Trinajstić information content (AvgIpc) is 2.15. The third-order valence-corrected chi connectivity index (χ3v) is 1.70. The second-order valence-electron chi connectivity index (χ2n) is 2.66. The van der Waals surface area contributed by atoms with Crippen LogP contribution in [0.5, 0.6) is 5.75 Å². The summed E-state index contributed by atoms with van der Waals surface area (Å²) in [7, 11) is 0. The Morgan fingerprint density at radius 1 is 1.38 bits per heavy atom. The molecule has 1 rings (SSSR count). The molecule has 0 radical (unpaired) electrons. The van der Waals surface area contributed by atoms with Gasteiger partial charge in [0.1, 0.15) is 5.75 Å². The average molecular weight is 175 g/mol. The lowest BCUT2D eigenvalue weighted by Gasteiger charge is -2.03. The van der Waals surface area contributed by atoms with Gasteiger partial charge in [-0.05, 0) is 13.0 Å². The zero-order chi connectivity index (χ0) is 9.52. The summed E-state index contributed by atoms with van der Waals surface area (Å²) >= 11 is 0. The monoisotopic (exact) mass is 175 g/mol. The summed E-state index contributed by atoms with van der Waals surface area (Å²) in [6.07, 6.45) is 0. The van der Waals surface area contributed by atoms with Crippen LogP contribution in [-0.4, -0.2) is 11.7 Å². The van der Waals surface area contributed by atoms with Crippen LogP contribution in [0.4, 0.5) is 0 Å². The highest BCUT2D eigenvalue weighted by Gasteiger charge is 1.96. The third-order valence-electron chi connectivity index (χ3n) is 1.70. The quantitative estimate of drug-likeness (QED) is 0.539. The molecule has 0 aromatic heterocycles. The predicted molar refractivity (Wildman–Crippen MR) is 53.3 cm³/mol. The molecule has 13 heavy (non-hydrogen) atoms. The van der Waals surface area contributed by atoms with E-state index in [1.165, 1.54) is 0 Å². The van der Waals surface area contributed by atoms with Crippen LogP contribution in [0.15, 0.2) is 24.3 Å². The molecule has 0 unspecified atom stereocenters. The van der Waals surface area contributed by atoms with Gasteiger partial charge in [-0.2, -0.15) is 0 Å². The maximum Gasteiger partial charge on any atom is 0.120 e. The molecule has 0 aliphatic carbocycles. The van der Waals surface area contributed by atoms with E-state index in [4.69, 9.17) is 0 Å². The van der Waals surface area contributed by atoms with Crippen LogP contribution in [0.3, 0.4) is 0 Å². The minimum atomic E-state index is 0.333. The van der Waals surface area contributed by atoms with Crippen LogP contribution < -0.4 is 5.32 Å². The summed E-state index contributed by atoms with van der Waals surface area (Å²) in [6, 6.07) is 7.29. The Morgan fingerprint density at radius 3 is 2.85 bits per heavy atom. The van der Waals surface area contributed by atoms with Gasteiger partial charge in [0.2, 0.25) is 0 Å². The van der Waals surface area contributed by atoms with Crippen molar-refractivity contribution < 1.29 is 5.11 Å². The Labute approximate surface area is 78.6 Å². The molecule has 0 spiro atoms. The molecule has 0 heterocycles. The molecule has 0 aliphatic heterocycles. The Kier molecular flexibility index (Phi) is 3.87. The highest BCUT2D eigenvalue weighted by molar-refractivity contribution is 5.31. The van der Waals surface area contributed by atoms with Crippen molar-refractivity contribution in [3.05, 3.63) is 29.8 Å². The lowest BCUT2D eigenvalue weighted by atomic mass is 10.2. The first-order valence-electron chi connectivity index (χ1n) is 4.22. The molecule has 0 amide bonds. The molecular formula is C11H13NO. The summed E-state index contributed by atoms with van der Waals surface area (Å²) in [5.74, 6) is 6.02. The molecule has 2 N–H and O–H groups in total. The molecular weight excluding hydrogens is 162 g/mol. The van der Waals surface area contributed by atoms with Gasteiger partial charge in [-0.3, -0.25) is 0 Å². The number of benzene rings is 1. The first-order valence-corrected chi connectivity index (χ1v) is 4.22. The maximum atomic E-state index is 9.39. The Bertz CT molecular complexity index is 322. The van der Waals surface area contributed by atoms with Crippen molar-refractivity contribution in [3.63, 3.8) is 0 Å². The van der Waals surface area contributed by atoms with Gasteiger partial charge in [-0.1, -0.05) is 24.1 Å². The highest BCUT2D eigenvalue weighted by atomic mass is 16.3. The van der Waals surface area contributed by atoms with Crippen LogP contribution in [0.2, 0.25) is 0 Å². The fourth-order valence-electron chi connectivity index (χ4n) is 1.01. The standard InChI is InChI=1S/C11H13NO/c1-2-3-8-12-9-10-6-4-5-7-11(10)13/h4-7,12-13H,8-9H2,1H3. The van der Waals surface area contributed by atoms with E-state index in [1.54, 1.807) is 6.07 Å². The van der Waals surface area contributed by atoms with Gasteiger partial charge in [0, 0.05) is 12.1 Å². The number of hydrogen-bond donors (Lipinski definition) is 2. The Hall–Kier alpha value is -1.46. The van der Waals surface area contributed by atoms with E-state index < -0.39 is 0 Å². The lowest BCUT2D eigenvalue weighted by molar-refractivity contribution is 0.465. The van der Waals surface area contributed by atoms with Gasteiger partial charge in [0.25, 0.3) is 0 Å². The number of aromatic hydroxyl groups is 1. The van der Waals surface area contributed by atoms with E-state index in [2.05, 4.69) is 17.2 Å². The zero-order valence-corrected chi connectivity index (χ0v) is 7.67. The second kappa shape index (κ2) is 5.23. The summed E-state index contributed by atoms with van der Waals surface area (Å²) in [4.78, 5) is 0.